The third-order valence-electron chi connectivity index (χ3n) is 5.25. The number of carbonyl (C=O) groups excluding carboxylic acids is 1. The molecular formula is C23H21N3O3S. The summed E-state index contributed by atoms with van der Waals surface area (Å²) in [7, 11) is 2.03. The van der Waals surface area contributed by atoms with Crippen LogP contribution in [0.25, 0.3) is 21.1 Å². The number of carbonyl (C=O) groups is 1. The molecule has 0 spiro atoms. The third kappa shape index (κ3) is 3.27. The Hall–Kier alpha value is -3.45. The van der Waals surface area contributed by atoms with Crippen LogP contribution in [-0.4, -0.2) is 17.3 Å². The Labute approximate surface area is 177 Å². The highest BCUT2D eigenvalue weighted by molar-refractivity contribution is 7.20. The Morgan fingerprint density at radius 3 is 2.83 bits per heavy atom. The molecule has 2 aromatic carbocycles. The van der Waals surface area contributed by atoms with Gasteiger partial charge in [0.15, 0.2) is 11.5 Å². The van der Waals surface area contributed by atoms with Gasteiger partial charge in [0.25, 0.3) is 5.91 Å². The first-order valence-electron chi connectivity index (χ1n) is 9.69. The number of aryl methyl sites for hydroxylation is 1. The molecule has 30 heavy (non-hydrogen) atoms. The van der Waals surface area contributed by atoms with Gasteiger partial charge in [-0.3, -0.25) is 10.2 Å². The number of benzene rings is 2. The number of nitrogens with zero attached hydrogens (tertiary/aromatic N) is 1. The highest BCUT2D eigenvalue weighted by Gasteiger charge is 2.16. The number of nitrogens with one attached hydrogen (secondary N) is 2. The standard InChI is InChI=1S/C23H21N3O3S/c1-14(7-8-15-9-10-19-20(11-15)29-13-28-19)24-25-22(27)21-12-17-16-5-3-4-6-18(16)26(2)23(17)30-21/h3-7,9-12,24H,8,13H2,1-2H3,(H,25,27)/b14-7-. The van der Waals surface area contributed by atoms with E-state index in [0.29, 0.717) is 4.88 Å². The van der Waals surface area contributed by atoms with Crippen molar-refractivity contribution in [1.29, 1.82) is 0 Å². The number of allylic oxidation sites excluding steroid dienone is 2. The molecule has 2 N–H and O–H groups in total. The van der Waals surface area contributed by atoms with E-state index in [4.69, 9.17) is 9.47 Å². The van der Waals surface area contributed by atoms with E-state index in [1.165, 1.54) is 16.9 Å². The van der Waals surface area contributed by atoms with E-state index >= 15 is 0 Å². The lowest BCUT2D eigenvalue weighted by molar-refractivity contribution is 0.0943. The second-order valence-electron chi connectivity index (χ2n) is 7.26. The SMILES string of the molecule is C/C(=C/Cc1ccc2c(c1)OCO2)NNC(=O)c1cc2c3ccccc3n(C)c2s1. The van der Waals surface area contributed by atoms with Crippen LogP contribution in [0.3, 0.4) is 0 Å². The molecule has 0 radical (unpaired) electrons. The van der Waals surface area contributed by atoms with Crippen molar-refractivity contribution in [3.63, 3.8) is 0 Å². The Balaban J connectivity index is 1.25. The number of fused-ring (bicyclic) bond motifs is 4. The van der Waals surface area contributed by atoms with E-state index in [1.54, 1.807) is 0 Å². The first kappa shape index (κ1) is 18.6. The number of thiophene rings is 1. The van der Waals surface area contributed by atoms with E-state index in [-0.39, 0.29) is 12.7 Å². The smallest absolute Gasteiger partial charge is 0.279 e. The number of hydrogen-bond acceptors (Lipinski definition) is 5. The van der Waals surface area contributed by atoms with E-state index in [1.807, 2.05) is 56.4 Å². The maximum Gasteiger partial charge on any atom is 0.279 e. The molecule has 0 saturated carbocycles. The zero-order valence-corrected chi connectivity index (χ0v) is 17.5. The Morgan fingerprint density at radius 2 is 1.93 bits per heavy atom. The third-order valence-corrected chi connectivity index (χ3v) is 6.46. The van der Waals surface area contributed by atoms with Gasteiger partial charge in [0.1, 0.15) is 4.83 Å². The molecule has 0 fully saturated rings. The minimum absolute atomic E-state index is 0.142. The molecule has 7 heteroatoms. The van der Waals surface area contributed by atoms with E-state index in [0.717, 1.165) is 44.8 Å². The van der Waals surface area contributed by atoms with Crippen LogP contribution in [0, 0.1) is 0 Å². The maximum absolute atomic E-state index is 12.6. The van der Waals surface area contributed by atoms with Gasteiger partial charge < -0.3 is 19.5 Å². The molecule has 152 valence electrons. The van der Waals surface area contributed by atoms with Crippen LogP contribution in [0.1, 0.15) is 22.2 Å². The van der Waals surface area contributed by atoms with Crippen LogP contribution >= 0.6 is 11.3 Å². The molecule has 1 aliphatic heterocycles. The Morgan fingerprint density at radius 1 is 1.10 bits per heavy atom. The van der Waals surface area contributed by atoms with Crippen molar-refractivity contribution < 1.29 is 14.3 Å². The van der Waals surface area contributed by atoms with Gasteiger partial charge in [-0.1, -0.05) is 30.3 Å². The van der Waals surface area contributed by atoms with Crippen LogP contribution in [0.15, 0.2) is 60.3 Å². The first-order valence-corrected chi connectivity index (χ1v) is 10.5. The molecule has 0 aliphatic carbocycles. The lowest BCUT2D eigenvalue weighted by atomic mass is 10.1. The minimum Gasteiger partial charge on any atom is -0.454 e. The Kier molecular flexibility index (Phi) is 4.59. The number of ether oxygens (including phenoxy) is 2. The van der Waals surface area contributed by atoms with Gasteiger partial charge in [0.2, 0.25) is 6.79 Å². The number of amides is 1. The summed E-state index contributed by atoms with van der Waals surface area (Å²) in [4.78, 5) is 14.4. The van der Waals surface area contributed by atoms with Crippen molar-refractivity contribution in [3.05, 3.63) is 70.7 Å². The zero-order valence-electron chi connectivity index (χ0n) is 16.7. The second kappa shape index (κ2) is 7.42. The van der Waals surface area contributed by atoms with Crippen molar-refractivity contribution in [2.45, 2.75) is 13.3 Å². The van der Waals surface area contributed by atoms with Crippen LogP contribution < -0.4 is 20.3 Å². The summed E-state index contributed by atoms with van der Waals surface area (Å²) in [6.07, 6.45) is 2.75. The number of hydrazine groups is 1. The zero-order chi connectivity index (χ0) is 20.7. The molecule has 0 saturated heterocycles. The van der Waals surface area contributed by atoms with Gasteiger partial charge in [-0.05, 0) is 43.2 Å². The van der Waals surface area contributed by atoms with Gasteiger partial charge in [0.05, 0.1) is 4.88 Å². The van der Waals surface area contributed by atoms with Gasteiger partial charge in [0, 0.05) is 29.0 Å². The van der Waals surface area contributed by atoms with Gasteiger partial charge in [-0.25, -0.2) is 0 Å². The highest BCUT2D eigenvalue weighted by Crippen LogP contribution is 2.34. The fourth-order valence-corrected chi connectivity index (χ4v) is 4.69. The average Bonchev–Trinajstić information content (AvgIpc) is 3.47. The molecule has 2 aromatic heterocycles. The quantitative estimate of drug-likeness (QED) is 0.468. The highest BCUT2D eigenvalue weighted by atomic mass is 32.1. The summed E-state index contributed by atoms with van der Waals surface area (Å²) in [6.45, 7) is 2.19. The maximum atomic E-state index is 12.6. The molecule has 6 nitrogen and oxygen atoms in total. The van der Waals surface area contributed by atoms with Crippen LogP contribution in [0.4, 0.5) is 0 Å². The van der Waals surface area contributed by atoms with Gasteiger partial charge in [-0.2, -0.15) is 0 Å². The average molecular weight is 420 g/mol. The molecule has 5 rings (SSSR count). The molecule has 0 atom stereocenters. The van der Waals surface area contributed by atoms with Crippen LogP contribution in [0.5, 0.6) is 11.5 Å². The summed E-state index contributed by atoms with van der Waals surface area (Å²) in [6, 6.07) is 16.1. The van der Waals surface area contributed by atoms with E-state index < -0.39 is 0 Å². The molecule has 0 bridgehead atoms. The molecular weight excluding hydrogens is 398 g/mol. The lowest BCUT2D eigenvalue weighted by Crippen LogP contribution is -2.35. The van der Waals surface area contributed by atoms with Crippen molar-refractivity contribution in [2.75, 3.05) is 6.79 Å². The number of para-hydroxylation sites is 1. The summed E-state index contributed by atoms with van der Waals surface area (Å²) < 4.78 is 12.9. The fourth-order valence-electron chi connectivity index (χ4n) is 3.65. The molecule has 3 heterocycles. The monoisotopic (exact) mass is 419 g/mol. The fraction of sp³-hybridized carbons (Fsp3) is 0.174. The van der Waals surface area contributed by atoms with Crippen LogP contribution in [0.2, 0.25) is 0 Å². The lowest BCUT2D eigenvalue weighted by Gasteiger charge is -2.08. The number of aromatic nitrogens is 1. The van der Waals surface area contributed by atoms with Crippen molar-refractivity contribution in [3.8, 4) is 11.5 Å². The van der Waals surface area contributed by atoms with Crippen LogP contribution in [-0.2, 0) is 13.5 Å². The van der Waals surface area contributed by atoms with E-state index in [2.05, 4.69) is 27.6 Å². The van der Waals surface area contributed by atoms with E-state index in [9.17, 15) is 4.79 Å². The molecule has 4 aromatic rings. The topological polar surface area (TPSA) is 64.5 Å². The number of hydrogen-bond donors (Lipinski definition) is 2. The van der Waals surface area contributed by atoms with Crippen molar-refractivity contribution in [2.24, 2.45) is 7.05 Å². The predicted molar refractivity (Wildman–Crippen MR) is 119 cm³/mol. The van der Waals surface area contributed by atoms with Gasteiger partial charge >= 0.3 is 0 Å². The minimum atomic E-state index is -0.142. The molecule has 1 amide bonds. The van der Waals surface area contributed by atoms with Crippen molar-refractivity contribution in [1.82, 2.24) is 15.4 Å². The summed E-state index contributed by atoms with van der Waals surface area (Å²) in [5.41, 5.74) is 8.95. The summed E-state index contributed by atoms with van der Waals surface area (Å²) in [5, 5.41) is 2.27. The Bertz CT molecular complexity index is 1300. The first-order chi connectivity index (χ1) is 14.6. The largest absolute Gasteiger partial charge is 0.454 e. The normalized spacial score (nSPS) is 13.2. The van der Waals surface area contributed by atoms with Gasteiger partial charge in [-0.15, -0.1) is 11.3 Å². The second-order valence-corrected chi connectivity index (χ2v) is 8.29. The molecule has 1 aliphatic rings. The molecule has 0 unspecified atom stereocenters. The number of rotatable bonds is 5. The van der Waals surface area contributed by atoms with Crippen molar-refractivity contribution >= 4 is 38.4 Å². The predicted octanol–water partition coefficient (Wildman–Crippen LogP) is 4.50. The summed E-state index contributed by atoms with van der Waals surface area (Å²) >= 11 is 1.50. The summed E-state index contributed by atoms with van der Waals surface area (Å²) in [5.74, 6) is 1.41.